The second-order valence-electron chi connectivity index (χ2n) is 8.04. The average Bonchev–Trinajstić information content (AvgIpc) is 3.16. The number of hydrogen-bond acceptors (Lipinski definition) is 6. The molecule has 3 heterocycles. The number of likely N-dealkylation sites (N-methyl/N-ethyl adjacent to an activating group) is 1. The van der Waals surface area contributed by atoms with Crippen LogP contribution in [0, 0.1) is 0 Å². The van der Waals surface area contributed by atoms with Crippen LogP contribution in [-0.2, 0) is 0 Å². The highest BCUT2D eigenvalue weighted by Gasteiger charge is 2.25. The molecular formula is C23H26N6O. The van der Waals surface area contributed by atoms with Crippen LogP contribution in [-0.4, -0.2) is 44.8 Å². The van der Waals surface area contributed by atoms with Crippen molar-refractivity contribution in [1.29, 1.82) is 0 Å². The number of piperidine rings is 1. The third kappa shape index (κ3) is 3.57. The number of allylic oxidation sites excluding steroid dienone is 4. The predicted molar refractivity (Wildman–Crippen MR) is 118 cm³/mol. The fraction of sp³-hybridized carbons (Fsp3) is 0.348. The first kappa shape index (κ1) is 18.8. The number of nitrogens with two attached hydrogens (primary N) is 1. The number of anilines is 1. The van der Waals surface area contributed by atoms with Crippen molar-refractivity contribution in [3.8, 4) is 17.0 Å². The summed E-state index contributed by atoms with van der Waals surface area (Å²) in [6.07, 6.45) is 11.9. The van der Waals surface area contributed by atoms with E-state index >= 15 is 0 Å². The summed E-state index contributed by atoms with van der Waals surface area (Å²) in [6.45, 7) is 2.07. The monoisotopic (exact) mass is 402 g/mol. The van der Waals surface area contributed by atoms with Gasteiger partial charge in [-0.15, -0.1) is 0 Å². The van der Waals surface area contributed by atoms with Gasteiger partial charge in [-0.2, -0.15) is 5.10 Å². The van der Waals surface area contributed by atoms with E-state index in [0.717, 1.165) is 72.6 Å². The van der Waals surface area contributed by atoms with Crippen LogP contribution in [0.5, 0.6) is 5.75 Å². The van der Waals surface area contributed by atoms with Crippen LogP contribution in [0.25, 0.3) is 22.3 Å². The lowest BCUT2D eigenvalue weighted by Gasteiger charge is -2.29. The van der Waals surface area contributed by atoms with Crippen LogP contribution < -0.4 is 10.5 Å². The number of hydrogen-bond donors (Lipinski definition) is 1. The lowest BCUT2D eigenvalue weighted by Crippen LogP contribution is -2.34. The SMILES string of the molecule is CN1CCCC(n2nc(-c3ccc(OC4=CC=CCC4)cc3)c3c(N)ncnc32)C1. The Bertz CT molecular complexity index is 1110. The third-order valence-electron chi connectivity index (χ3n) is 5.82. The normalized spacial score (nSPS) is 19.8. The van der Waals surface area contributed by atoms with Crippen molar-refractivity contribution in [3.05, 3.63) is 54.6 Å². The van der Waals surface area contributed by atoms with E-state index in [4.69, 9.17) is 15.6 Å². The Morgan fingerprint density at radius 1 is 1.17 bits per heavy atom. The first-order valence-corrected chi connectivity index (χ1v) is 10.5. The highest BCUT2D eigenvalue weighted by Crippen LogP contribution is 2.34. The summed E-state index contributed by atoms with van der Waals surface area (Å²) < 4.78 is 8.04. The molecule has 1 aromatic carbocycles. The second-order valence-corrected chi connectivity index (χ2v) is 8.04. The summed E-state index contributed by atoms with van der Waals surface area (Å²) in [6, 6.07) is 8.30. The predicted octanol–water partition coefficient (Wildman–Crippen LogP) is 3.95. The topological polar surface area (TPSA) is 82.1 Å². The van der Waals surface area contributed by atoms with Gasteiger partial charge in [0.15, 0.2) is 5.65 Å². The summed E-state index contributed by atoms with van der Waals surface area (Å²) in [4.78, 5) is 11.1. The molecule has 5 rings (SSSR count). The number of fused-ring (bicyclic) bond motifs is 1. The second kappa shape index (κ2) is 7.91. The molecule has 2 N–H and O–H groups in total. The van der Waals surface area contributed by atoms with Gasteiger partial charge in [-0.3, -0.25) is 0 Å². The summed E-state index contributed by atoms with van der Waals surface area (Å²) in [5, 5.41) is 5.79. The Balaban J connectivity index is 1.51. The molecule has 3 aromatic rings. The molecule has 2 aliphatic rings. The molecule has 1 aliphatic carbocycles. The molecule has 7 heteroatoms. The minimum Gasteiger partial charge on any atom is -0.462 e. The molecule has 0 amide bonds. The van der Waals surface area contributed by atoms with E-state index in [-0.39, 0.29) is 6.04 Å². The zero-order valence-electron chi connectivity index (χ0n) is 17.2. The standard InChI is InChI=1S/C23H26N6O/c1-28-13-5-6-17(14-28)29-23-20(22(24)25-15-26-23)21(27-29)16-9-11-19(12-10-16)30-18-7-3-2-4-8-18/h2-3,7,9-12,15,17H,4-6,8,13-14H2,1H3,(H2,24,25,26). The maximum absolute atomic E-state index is 6.26. The minimum absolute atomic E-state index is 0.281. The van der Waals surface area contributed by atoms with Gasteiger partial charge in [0.05, 0.1) is 11.4 Å². The van der Waals surface area contributed by atoms with Crippen molar-refractivity contribution in [1.82, 2.24) is 24.6 Å². The number of benzene rings is 1. The smallest absolute Gasteiger partial charge is 0.164 e. The van der Waals surface area contributed by atoms with Crippen molar-refractivity contribution in [3.63, 3.8) is 0 Å². The van der Waals surface area contributed by atoms with Crippen LogP contribution >= 0.6 is 0 Å². The van der Waals surface area contributed by atoms with Crippen molar-refractivity contribution in [2.24, 2.45) is 0 Å². The van der Waals surface area contributed by atoms with E-state index in [9.17, 15) is 0 Å². The van der Waals surface area contributed by atoms with Gasteiger partial charge in [0.2, 0.25) is 0 Å². The number of rotatable bonds is 4. The first-order valence-electron chi connectivity index (χ1n) is 10.5. The van der Waals surface area contributed by atoms with Gasteiger partial charge in [0.1, 0.15) is 29.3 Å². The Kier molecular flexibility index (Phi) is 4.96. The molecule has 0 bridgehead atoms. The Morgan fingerprint density at radius 2 is 2.03 bits per heavy atom. The average molecular weight is 403 g/mol. The van der Waals surface area contributed by atoms with E-state index < -0.39 is 0 Å². The minimum atomic E-state index is 0.281. The number of aromatic nitrogens is 4. The Labute approximate surface area is 175 Å². The summed E-state index contributed by atoms with van der Waals surface area (Å²) in [5.74, 6) is 2.27. The van der Waals surface area contributed by atoms with E-state index in [1.165, 1.54) is 6.33 Å². The van der Waals surface area contributed by atoms with Crippen molar-refractivity contribution >= 4 is 16.9 Å². The fourth-order valence-corrected chi connectivity index (χ4v) is 4.29. The molecule has 1 atom stereocenters. The van der Waals surface area contributed by atoms with Gasteiger partial charge in [0.25, 0.3) is 0 Å². The van der Waals surface area contributed by atoms with Gasteiger partial charge in [-0.25, -0.2) is 14.6 Å². The Morgan fingerprint density at radius 3 is 2.80 bits per heavy atom. The van der Waals surface area contributed by atoms with Crippen molar-refractivity contribution < 1.29 is 4.74 Å². The van der Waals surface area contributed by atoms with Gasteiger partial charge in [-0.1, -0.05) is 12.2 Å². The largest absolute Gasteiger partial charge is 0.462 e. The molecule has 0 radical (unpaired) electrons. The van der Waals surface area contributed by atoms with Crippen molar-refractivity contribution in [2.45, 2.75) is 31.7 Å². The molecule has 0 saturated carbocycles. The van der Waals surface area contributed by atoms with E-state index in [1.54, 1.807) is 0 Å². The number of likely N-dealkylation sites (tertiary alicyclic amines) is 1. The van der Waals surface area contributed by atoms with Gasteiger partial charge in [0, 0.05) is 18.5 Å². The van der Waals surface area contributed by atoms with E-state index in [0.29, 0.717) is 5.82 Å². The van der Waals surface area contributed by atoms with Crippen molar-refractivity contribution in [2.75, 3.05) is 25.9 Å². The Hall–Kier alpha value is -3.19. The molecule has 2 aromatic heterocycles. The summed E-state index contributed by atoms with van der Waals surface area (Å²) in [7, 11) is 2.15. The zero-order valence-corrected chi connectivity index (χ0v) is 17.2. The van der Waals surface area contributed by atoms with Gasteiger partial charge >= 0.3 is 0 Å². The third-order valence-corrected chi connectivity index (χ3v) is 5.82. The van der Waals surface area contributed by atoms with Crippen LogP contribution in [0.3, 0.4) is 0 Å². The molecule has 1 aliphatic heterocycles. The molecule has 7 nitrogen and oxygen atoms in total. The van der Waals surface area contributed by atoms with E-state index in [2.05, 4.69) is 28.0 Å². The van der Waals surface area contributed by atoms with Crippen LogP contribution in [0.4, 0.5) is 5.82 Å². The molecule has 30 heavy (non-hydrogen) atoms. The molecule has 0 spiro atoms. The number of ether oxygens (including phenoxy) is 1. The highest BCUT2D eigenvalue weighted by atomic mass is 16.5. The fourth-order valence-electron chi connectivity index (χ4n) is 4.29. The summed E-state index contributed by atoms with van der Waals surface area (Å²) in [5.41, 5.74) is 8.87. The lowest BCUT2D eigenvalue weighted by atomic mass is 10.1. The molecule has 1 fully saturated rings. The highest BCUT2D eigenvalue weighted by molar-refractivity contribution is 5.98. The molecule has 1 unspecified atom stereocenters. The lowest BCUT2D eigenvalue weighted by molar-refractivity contribution is 0.205. The molecule has 154 valence electrons. The number of nitrogens with zero attached hydrogens (tertiary/aromatic N) is 5. The quantitative estimate of drug-likeness (QED) is 0.711. The van der Waals surface area contributed by atoms with Crippen LogP contribution in [0.1, 0.15) is 31.7 Å². The van der Waals surface area contributed by atoms with Gasteiger partial charge in [-0.05, 0) is 63.2 Å². The molecular weight excluding hydrogens is 376 g/mol. The number of nitrogen functional groups attached to an aromatic ring is 1. The van der Waals surface area contributed by atoms with Crippen LogP contribution in [0.2, 0.25) is 0 Å². The van der Waals surface area contributed by atoms with Gasteiger partial charge < -0.3 is 15.4 Å². The van der Waals surface area contributed by atoms with E-state index in [1.807, 2.05) is 41.1 Å². The maximum Gasteiger partial charge on any atom is 0.164 e. The molecule has 1 saturated heterocycles. The first-order chi connectivity index (χ1) is 14.7. The summed E-state index contributed by atoms with van der Waals surface area (Å²) >= 11 is 0. The zero-order chi connectivity index (χ0) is 20.5. The van der Waals surface area contributed by atoms with Crippen LogP contribution in [0.15, 0.2) is 54.6 Å². The maximum atomic E-state index is 6.26.